The summed E-state index contributed by atoms with van der Waals surface area (Å²) in [4.78, 5) is 4.91. The van der Waals surface area contributed by atoms with Crippen LogP contribution in [0.1, 0.15) is 6.92 Å². The van der Waals surface area contributed by atoms with Gasteiger partial charge in [-0.1, -0.05) is 12.1 Å². The number of para-hydroxylation sites is 2. The van der Waals surface area contributed by atoms with Crippen molar-refractivity contribution in [1.82, 2.24) is 0 Å². The first-order chi connectivity index (χ1) is 15.7. The Morgan fingerprint density at radius 2 is 1.56 bits per heavy atom. The van der Waals surface area contributed by atoms with Crippen molar-refractivity contribution in [3.8, 4) is 34.3 Å². The van der Waals surface area contributed by atoms with Crippen LogP contribution >= 0.6 is 0 Å². The lowest BCUT2D eigenvalue weighted by molar-refractivity contribution is 0.340. The summed E-state index contributed by atoms with van der Waals surface area (Å²) >= 11 is 0. The molecule has 0 fully saturated rings. The summed E-state index contributed by atoms with van der Waals surface area (Å²) in [6, 6.07) is 20.9. The van der Waals surface area contributed by atoms with E-state index in [0.717, 1.165) is 27.7 Å². The van der Waals surface area contributed by atoms with Crippen LogP contribution in [0.5, 0.6) is 23.0 Å². The van der Waals surface area contributed by atoms with Crippen molar-refractivity contribution < 1.29 is 23.4 Å². The zero-order valence-corrected chi connectivity index (χ0v) is 18.5. The van der Waals surface area contributed by atoms with Crippen LogP contribution < -0.4 is 24.3 Å². The summed E-state index contributed by atoms with van der Waals surface area (Å²) < 4.78 is 28.3. The topological polar surface area (TPSA) is 62.4 Å². The number of hydrogen-bond acceptors (Lipinski definition) is 6. The highest BCUT2D eigenvalue weighted by molar-refractivity contribution is 5.80. The van der Waals surface area contributed by atoms with Crippen molar-refractivity contribution in [2.45, 2.75) is 6.92 Å². The molecule has 0 aliphatic rings. The standard InChI is InChI=1S/C26H25NO5/c1-5-31-18-11-13-22-19(15-18)21(27-20-8-6-7-9-23(20)28-2)16-25(32-22)17-10-12-24(29-3)26(14-17)30-4/h6-16H,5H2,1-4H3. The highest BCUT2D eigenvalue weighted by atomic mass is 16.5. The molecule has 0 aliphatic carbocycles. The van der Waals surface area contributed by atoms with Crippen molar-refractivity contribution in [1.29, 1.82) is 0 Å². The van der Waals surface area contributed by atoms with Gasteiger partial charge in [0.2, 0.25) is 0 Å². The fourth-order valence-electron chi connectivity index (χ4n) is 3.48. The van der Waals surface area contributed by atoms with Crippen LogP contribution in [0.4, 0.5) is 5.69 Å². The van der Waals surface area contributed by atoms with Crippen LogP contribution in [-0.2, 0) is 0 Å². The molecule has 0 spiro atoms. The number of ether oxygens (including phenoxy) is 4. The van der Waals surface area contributed by atoms with Crippen LogP contribution in [0.3, 0.4) is 0 Å². The number of methoxy groups -OCH3 is 3. The third-order valence-electron chi connectivity index (χ3n) is 5.02. The van der Waals surface area contributed by atoms with Gasteiger partial charge in [0.1, 0.15) is 28.5 Å². The molecule has 6 nitrogen and oxygen atoms in total. The quantitative estimate of drug-likeness (QED) is 0.372. The molecule has 6 heteroatoms. The maximum atomic E-state index is 6.25. The smallest absolute Gasteiger partial charge is 0.161 e. The lowest BCUT2D eigenvalue weighted by Crippen LogP contribution is -2.04. The van der Waals surface area contributed by atoms with Crippen LogP contribution in [0, 0.1) is 0 Å². The van der Waals surface area contributed by atoms with Crippen LogP contribution in [-0.4, -0.2) is 27.9 Å². The fraction of sp³-hybridized carbons (Fsp3) is 0.192. The molecule has 164 valence electrons. The molecule has 0 radical (unpaired) electrons. The molecule has 0 atom stereocenters. The average molecular weight is 431 g/mol. The minimum atomic E-state index is 0.575. The van der Waals surface area contributed by atoms with Gasteiger partial charge in [0, 0.05) is 17.0 Å². The normalized spacial score (nSPS) is 11.4. The Balaban J connectivity index is 1.97. The monoisotopic (exact) mass is 431 g/mol. The van der Waals surface area contributed by atoms with E-state index in [-0.39, 0.29) is 0 Å². The molecule has 0 bridgehead atoms. The van der Waals surface area contributed by atoms with E-state index in [2.05, 4.69) is 0 Å². The summed E-state index contributed by atoms with van der Waals surface area (Å²) in [6.07, 6.45) is 0. The number of rotatable bonds is 7. The maximum Gasteiger partial charge on any atom is 0.161 e. The van der Waals surface area contributed by atoms with Gasteiger partial charge >= 0.3 is 0 Å². The second kappa shape index (κ2) is 9.47. The van der Waals surface area contributed by atoms with E-state index in [4.69, 9.17) is 28.4 Å². The molecular weight excluding hydrogens is 406 g/mol. The van der Waals surface area contributed by atoms with Gasteiger partial charge in [0.05, 0.1) is 33.3 Å². The molecule has 1 aromatic heterocycles. The van der Waals surface area contributed by atoms with Crippen LogP contribution in [0.25, 0.3) is 22.3 Å². The molecule has 0 unspecified atom stereocenters. The largest absolute Gasteiger partial charge is 0.494 e. The Labute approximate surface area is 186 Å². The van der Waals surface area contributed by atoms with Gasteiger partial charge in [-0.05, 0) is 55.5 Å². The summed E-state index contributed by atoms with van der Waals surface area (Å²) in [5.41, 5.74) is 2.26. The highest BCUT2D eigenvalue weighted by Gasteiger charge is 2.12. The van der Waals surface area contributed by atoms with Crippen molar-refractivity contribution in [2.24, 2.45) is 4.99 Å². The van der Waals surface area contributed by atoms with E-state index >= 15 is 0 Å². The van der Waals surface area contributed by atoms with E-state index in [9.17, 15) is 0 Å². The van der Waals surface area contributed by atoms with Gasteiger partial charge in [0.15, 0.2) is 11.5 Å². The number of hydrogen-bond donors (Lipinski definition) is 0. The third-order valence-corrected chi connectivity index (χ3v) is 5.02. The Hall–Kier alpha value is -3.93. The molecule has 0 aliphatic heterocycles. The molecule has 3 aromatic carbocycles. The second-order valence-corrected chi connectivity index (χ2v) is 6.94. The molecule has 1 heterocycles. The minimum Gasteiger partial charge on any atom is -0.494 e. The van der Waals surface area contributed by atoms with Crippen LogP contribution in [0.2, 0.25) is 0 Å². The average Bonchev–Trinajstić information content (AvgIpc) is 2.84. The van der Waals surface area contributed by atoms with E-state index in [1.807, 2.05) is 73.7 Å². The SMILES string of the molecule is CCOc1ccc2oc(-c3ccc(OC)c(OC)c3)cc(=Nc3ccccc3OC)c2c1. The number of benzene rings is 3. The van der Waals surface area contributed by atoms with Crippen molar-refractivity contribution >= 4 is 16.7 Å². The summed E-state index contributed by atoms with van der Waals surface area (Å²) in [5, 5.41) is 1.58. The fourth-order valence-corrected chi connectivity index (χ4v) is 3.48. The number of nitrogens with zero attached hydrogens (tertiary/aromatic N) is 1. The van der Waals surface area contributed by atoms with Crippen molar-refractivity contribution in [2.75, 3.05) is 27.9 Å². The predicted octanol–water partition coefficient (Wildman–Crippen LogP) is 5.76. The Bertz CT molecular complexity index is 1310. The van der Waals surface area contributed by atoms with Crippen molar-refractivity contribution in [3.05, 3.63) is 72.1 Å². The summed E-state index contributed by atoms with van der Waals surface area (Å²) in [5.74, 6) is 3.37. The van der Waals surface area contributed by atoms with Crippen molar-refractivity contribution in [3.63, 3.8) is 0 Å². The van der Waals surface area contributed by atoms with Crippen LogP contribution in [0.15, 0.2) is 76.1 Å². The maximum absolute atomic E-state index is 6.25. The number of fused-ring (bicyclic) bond motifs is 1. The molecule has 0 saturated carbocycles. The van der Waals surface area contributed by atoms with E-state index in [1.54, 1.807) is 21.3 Å². The van der Waals surface area contributed by atoms with Gasteiger partial charge in [-0.15, -0.1) is 0 Å². The molecule has 4 aromatic rings. The van der Waals surface area contributed by atoms with E-state index < -0.39 is 0 Å². The van der Waals surface area contributed by atoms with Gasteiger partial charge in [-0.3, -0.25) is 0 Å². The Morgan fingerprint density at radius 3 is 2.31 bits per heavy atom. The van der Waals surface area contributed by atoms with E-state index in [0.29, 0.717) is 35.2 Å². The summed E-state index contributed by atoms with van der Waals surface area (Å²) in [7, 11) is 4.85. The lowest BCUT2D eigenvalue weighted by Gasteiger charge is -2.11. The minimum absolute atomic E-state index is 0.575. The first-order valence-corrected chi connectivity index (χ1v) is 10.3. The molecule has 0 N–H and O–H groups in total. The molecule has 0 saturated heterocycles. The van der Waals surface area contributed by atoms with Gasteiger partial charge < -0.3 is 23.4 Å². The first kappa shape index (κ1) is 21.3. The first-order valence-electron chi connectivity index (χ1n) is 10.3. The zero-order valence-electron chi connectivity index (χ0n) is 18.5. The van der Waals surface area contributed by atoms with Gasteiger partial charge in [-0.2, -0.15) is 0 Å². The molecule has 0 amide bonds. The Kier molecular flexibility index (Phi) is 6.31. The lowest BCUT2D eigenvalue weighted by atomic mass is 10.1. The second-order valence-electron chi connectivity index (χ2n) is 6.94. The summed E-state index contributed by atoms with van der Waals surface area (Å²) in [6.45, 7) is 2.53. The zero-order chi connectivity index (χ0) is 22.5. The predicted molar refractivity (Wildman–Crippen MR) is 124 cm³/mol. The Morgan fingerprint density at radius 1 is 0.781 bits per heavy atom. The van der Waals surface area contributed by atoms with Gasteiger partial charge in [0.25, 0.3) is 0 Å². The van der Waals surface area contributed by atoms with E-state index in [1.165, 1.54) is 0 Å². The van der Waals surface area contributed by atoms with Gasteiger partial charge in [-0.25, -0.2) is 4.99 Å². The highest BCUT2D eigenvalue weighted by Crippen LogP contribution is 2.33. The molecule has 32 heavy (non-hydrogen) atoms. The third kappa shape index (κ3) is 4.25. The molecule has 4 rings (SSSR count). The molecular formula is C26H25NO5.